The van der Waals surface area contributed by atoms with Gasteiger partial charge in [0.1, 0.15) is 12.3 Å². The van der Waals surface area contributed by atoms with Crippen molar-refractivity contribution in [2.75, 3.05) is 6.54 Å². The van der Waals surface area contributed by atoms with Gasteiger partial charge in [0.15, 0.2) is 4.67 Å². The lowest BCUT2D eigenvalue weighted by Crippen LogP contribution is -2.23. The first-order valence-electron chi connectivity index (χ1n) is 3.56. The molecular weight excluding hydrogens is 236 g/mol. The highest BCUT2D eigenvalue weighted by Gasteiger charge is 2.12. The van der Waals surface area contributed by atoms with Gasteiger partial charge < -0.3 is 9.73 Å². The van der Waals surface area contributed by atoms with Crippen molar-refractivity contribution in [1.82, 2.24) is 5.32 Å². The van der Waals surface area contributed by atoms with Gasteiger partial charge in [0.2, 0.25) is 0 Å². The molecule has 68 valence electrons. The highest BCUT2D eigenvalue weighted by atomic mass is 79.9. The SMILES string of the molecule is Cc1oc(Br)cc1C(=O)NCC#N. The maximum absolute atomic E-state index is 11.3. The number of nitrogens with one attached hydrogen (secondary N) is 1. The molecule has 1 aromatic rings. The van der Waals surface area contributed by atoms with Crippen molar-refractivity contribution in [1.29, 1.82) is 5.26 Å². The standard InChI is InChI=1S/C8H7BrN2O2/c1-5-6(4-7(9)13-5)8(12)11-3-2-10/h4H,3H2,1H3,(H,11,12). The molecule has 0 aromatic carbocycles. The number of hydrogen-bond acceptors (Lipinski definition) is 3. The van der Waals surface area contributed by atoms with Crippen LogP contribution in [-0.4, -0.2) is 12.5 Å². The van der Waals surface area contributed by atoms with Gasteiger partial charge in [0, 0.05) is 6.07 Å². The lowest BCUT2D eigenvalue weighted by molar-refractivity contribution is 0.0957. The molecule has 5 heteroatoms. The Labute approximate surface area is 83.7 Å². The predicted molar refractivity (Wildman–Crippen MR) is 49.1 cm³/mol. The van der Waals surface area contributed by atoms with E-state index in [0.29, 0.717) is 16.0 Å². The summed E-state index contributed by atoms with van der Waals surface area (Å²) >= 11 is 3.11. The molecule has 0 spiro atoms. The van der Waals surface area contributed by atoms with E-state index < -0.39 is 0 Å². The zero-order valence-electron chi connectivity index (χ0n) is 6.93. The first-order valence-corrected chi connectivity index (χ1v) is 4.35. The lowest BCUT2D eigenvalue weighted by Gasteiger charge is -1.96. The summed E-state index contributed by atoms with van der Waals surface area (Å²) in [4.78, 5) is 11.3. The van der Waals surface area contributed by atoms with Gasteiger partial charge in [-0.05, 0) is 22.9 Å². The maximum Gasteiger partial charge on any atom is 0.255 e. The Balaban J connectivity index is 2.78. The van der Waals surface area contributed by atoms with Crippen LogP contribution in [0.4, 0.5) is 0 Å². The summed E-state index contributed by atoms with van der Waals surface area (Å²) in [5, 5.41) is 10.7. The average molecular weight is 243 g/mol. The van der Waals surface area contributed by atoms with E-state index >= 15 is 0 Å². The molecule has 0 fully saturated rings. The molecule has 0 bridgehead atoms. The van der Waals surface area contributed by atoms with Gasteiger partial charge in [-0.1, -0.05) is 0 Å². The van der Waals surface area contributed by atoms with Crippen LogP contribution in [-0.2, 0) is 0 Å². The fourth-order valence-corrected chi connectivity index (χ4v) is 1.36. The topological polar surface area (TPSA) is 66.0 Å². The number of hydrogen-bond donors (Lipinski definition) is 1. The molecule has 0 aliphatic heterocycles. The summed E-state index contributed by atoms with van der Waals surface area (Å²) < 4.78 is 5.60. The van der Waals surface area contributed by atoms with E-state index in [1.54, 1.807) is 13.0 Å². The predicted octanol–water partition coefficient (Wildman–Crippen LogP) is 1.60. The summed E-state index contributed by atoms with van der Waals surface area (Å²) in [7, 11) is 0. The summed E-state index contributed by atoms with van der Waals surface area (Å²) in [6.07, 6.45) is 0. The summed E-state index contributed by atoms with van der Waals surface area (Å²) in [6.45, 7) is 1.69. The number of furan rings is 1. The Morgan fingerprint density at radius 2 is 2.54 bits per heavy atom. The minimum Gasteiger partial charge on any atom is -0.454 e. The second kappa shape index (κ2) is 4.10. The molecule has 0 unspecified atom stereocenters. The van der Waals surface area contributed by atoms with E-state index in [9.17, 15) is 4.79 Å². The van der Waals surface area contributed by atoms with E-state index in [-0.39, 0.29) is 12.5 Å². The summed E-state index contributed by atoms with van der Waals surface area (Å²) in [6, 6.07) is 3.39. The lowest BCUT2D eigenvalue weighted by atomic mass is 10.2. The number of aryl methyl sites for hydroxylation is 1. The fraction of sp³-hybridized carbons (Fsp3) is 0.250. The van der Waals surface area contributed by atoms with Crippen LogP contribution in [0.25, 0.3) is 0 Å². The Morgan fingerprint density at radius 1 is 1.85 bits per heavy atom. The van der Waals surface area contributed by atoms with Crippen molar-refractivity contribution in [3.8, 4) is 6.07 Å². The van der Waals surface area contributed by atoms with Crippen LogP contribution < -0.4 is 5.32 Å². The quantitative estimate of drug-likeness (QED) is 0.802. The Morgan fingerprint density at radius 3 is 3.00 bits per heavy atom. The van der Waals surface area contributed by atoms with Crippen LogP contribution >= 0.6 is 15.9 Å². The van der Waals surface area contributed by atoms with Gasteiger partial charge in [-0.3, -0.25) is 4.79 Å². The van der Waals surface area contributed by atoms with Crippen LogP contribution in [0.1, 0.15) is 16.1 Å². The van der Waals surface area contributed by atoms with E-state index in [1.165, 1.54) is 0 Å². The molecule has 0 saturated carbocycles. The van der Waals surface area contributed by atoms with Gasteiger partial charge >= 0.3 is 0 Å². The molecule has 1 N–H and O–H groups in total. The third kappa shape index (κ3) is 2.33. The molecule has 1 rings (SSSR count). The molecule has 1 amide bonds. The molecule has 0 radical (unpaired) electrons. The normalized spacial score (nSPS) is 9.31. The molecular formula is C8H7BrN2O2. The number of nitriles is 1. The second-order valence-electron chi connectivity index (χ2n) is 2.36. The number of carbonyl (C=O) groups excluding carboxylic acids is 1. The largest absolute Gasteiger partial charge is 0.454 e. The zero-order chi connectivity index (χ0) is 9.84. The van der Waals surface area contributed by atoms with Gasteiger partial charge in [-0.2, -0.15) is 5.26 Å². The number of amides is 1. The van der Waals surface area contributed by atoms with Crippen molar-refractivity contribution in [2.24, 2.45) is 0 Å². The maximum atomic E-state index is 11.3. The van der Waals surface area contributed by atoms with Crippen LogP contribution in [0.15, 0.2) is 15.2 Å². The Hall–Kier alpha value is -1.28. The zero-order valence-corrected chi connectivity index (χ0v) is 8.51. The first kappa shape index (κ1) is 9.81. The van der Waals surface area contributed by atoms with Crippen molar-refractivity contribution in [3.05, 3.63) is 22.1 Å². The molecule has 4 nitrogen and oxygen atoms in total. The van der Waals surface area contributed by atoms with Gasteiger partial charge in [0.05, 0.1) is 11.6 Å². The van der Waals surface area contributed by atoms with Crippen LogP contribution in [0.3, 0.4) is 0 Å². The third-order valence-electron chi connectivity index (χ3n) is 1.46. The van der Waals surface area contributed by atoms with Crippen LogP contribution in [0.5, 0.6) is 0 Å². The van der Waals surface area contributed by atoms with E-state index in [1.807, 2.05) is 6.07 Å². The highest BCUT2D eigenvalue weighted by Crippen LogP contribution is 2.19. The molecule has 0 atom stereocenters. The summed E-state index contributed by atoms with van der Waals surface area (Å²) in [5.41, 5.74) is 0.446. The van der Waals surface area contributed by atoms with E-state index in [0.717, 1.165) is 0 Å². The number of rotatable bonds is 2. The third-order valence-corrected chi connectivity index (χ3v) is 1.85. The Kier molecular flexibility index (Phi) is 3.09. The molecule has 1 aromatic heterocycles. The molecule has 0 aliphatic carbocycles. The van der Waals surface area contributed by atoms with Gasteiger partial charge in [0.25, 0.3) is 5.91 Å². The minimum absolute atomic E-state index is 0.00106. The molecule has 0 saturated heterocycles. The molecule has 13 heavy (non-hydrogen) atoms. The van der Waals surface area contributed by atoms with E-state index in [4.69, 9.17) is 9.68 Å². The van der Waals surface area contributed by atoms with Crippen molar-refractivity contribution >= 4 is 21.8 Å². The van der Waals surface area contributed by atoms with Crippen molar-refractivity contribution < 1.29 is 9.21 Å². The fourth-order valence-electron chi connectivity index (χ4n) is 0.886. The highest BCUT2D eigenvalue weighted by molar-refractivity contribution is 9.10. The summed E-state index contributed by atoms with van der Waals surface area (Å²) in [5.74, 6) is 0.232. The first-order chi connectivity index (χ1) is 6.15. The smallest absolute Gasteiger partial charge is 0.255 e. The monoisotopic (exact) mass is 242 g/mol. The second-order valence-corrected chi connectivity index (χ2v) is 3.14. The van der Waals surface area contributed by atoms with E-state index in [2.05, 4.69) is 21.2 Å². The number of halogens is 1. The van der Waals surface area contributed by atoms with Crippen LogP contribution in [0.2, 0.25) is 0 Å². The molecule has 1 heterocycles. The Bertz CT molecular complexity index is 365. The van der Waals surface area contributed by atoms with Crippen molar-refractivity contribution in [3.63, 3.8) is 0 Å². The number of nitrogens with zero attached hydrogens (tertiary/aromatic N) is 1. The number of carbonyl (C=O) groups is 1. The minimum atomic E-state index is -0.298. The van der Waals surface area contributed by atoms with Crippen molar-refractivity contribution in [2.45, 2.75) is 6.92 Å². The van der Waals surface area contributed by atoms with Gasteiger partial charge in [-0.25, -0.2) is 0 Å². The molecule has 0 aliphatic rings. The van der Waals surface area contributed by atoms with Gasteiger partial charge in [-0.15, -0.1) is 0 Å². The average Bonchev–Trinajstić information content (AvgIpc) is 2.41. The van der Waals surface area contributed by atoms with Crippen LogP contribution in [0, 0.1) is 18.3 Å².